The fraction of sp³-hybridized carbons (Fsp3) is 0.379. The molecule has 4 rings (SSSR count). The monoisotopic (exact) mass is 542 g/mol. The third-order valence-corrected chi connectivity index (χ3v) is 7.55. The molecule has 1 fully saturated rings. The van der Waals surface area contributed by atoms with Gasteiger partial charge in [-0.15, -0.1) is 0 Å². The molecule has 2 N–H and O–H groups in total. The van der Waals surface area contributed by atoms with Crippen molar-refractivity contribution in [2.45, 2.75) is 38.2 Å². The molecule has 1 aliphatic heterocycles. The number of methoxy groups -OCH3 is 1. The quantitative estimate of drug-likeness (QED) is 0.361. The Morgan fingerprint density at radius 3 is 2.68 bits per heavy atom. The summed E-state index contributed by atoms with van der Waals surface area (Å²) in [4.78, 5) is 18.2. The molecule has 1 aromatic heterocycles. The van der Waals surface area contributed by atoms with Crippen molar-refractivity contribution in [3.63, 3.8) is 0 Å². The van der Waals surface area contributed by atoms with E-state index in [9.17, 15) is 23.8 Å². The number of aliphatic hydroxyl groups is 1. The first-order valence-corrected chi connectivity index (χ1v) is 12.8. The van der Waals surface area contributed by atoms with Crippen LogP contribution >= 0.6 is 11.6 Å². The van der Waals surface area contributed by atoms with E-state index in [1.807, 2.05) is 0 Å². The number of carboxylic acid groups (broad SMARTS) is 1. The summed E-state index contributed by atoms with van der Waals surface area (Å²) in [5, 5.41) is 21.8. The van der Waals surface area contributed by atoms with E-state index >= 15 is 0 Å². The van der Waals surface area contributed by atoms with Crippen LogP contribution < -0.4 is 4.74 Å². The van der Waals surface area contributed by atoms with Gasteiger partial charge >= 0.3 is 5.97 Å². The number of halogens is 3. The number of benzene rings is 2. The van der Waals surface area contributed by atoms with Crippen molar-refractivity contribution in [2.75, 3.05) is 26.7 Å². The van der Waals surface area contributed by atoms with Crippen molar-refractivity contribution >= 4 is 28.5 Å². The number of aromatic nitrogens is 1. The van der Waals surface area contributed by atoms with Gasteiger partial charge < -0.3 is 14.9 Å². The van der Waals surface area contributed by atoms with E-state index in [2.05, 4.69) is 21.7 Å². The summed E-state index contributed by atoms with van der Waals surface area (Å²) in [6, 6.07) is 8.66. The summed E-state index contributed by atoms with van der Waals surface area (Å²) in [5.41, 5.74) is 0.894. The number of hydrogen-bond donors (Lipinski definition) is 2. The molecule has 200 valence electrons. The van der Waals surface area contributed by atoms with Crippen LogP contribution in [0.4, 0.5) is 8.78 Å². The normalized spacial score (nSPS) is 16.0. The zero-order valence-corrected chi connectivity index (χ0v) is 21.8. The first-order chi connectivity index (χ1) is 18.2. The average Bonchev–Trinajstić information content (AvgIpc) is 2.89. The summed E-state index contributed by atoms with van der Waals surface area (Å²) in [7, 11) is 1.56. The second kappa shape index (κ2) is 12.1. The highest BCUT2D eigenvalue weighted by Crippen LogP contribution is 2.43. The van der Waals surface area contributed by atoms with Crippen LogP contribution in [0.15, 0.2) is 42.6 Å². The predicted octanol–water partition coefficient (Wildman–Crippen LogP) is 5.60. The summed E-state index contributed by atoms with van der Waals surface area (Å²) in [6.07, 6.45) is 2.70. The minimum Gasteiger partial charge on any atom is -0.497 e. The van der Waals surface area contributed by atoms with Gasteiger partial charge in [0.25, 0.3) is 0 Å². The standard InChI is InChI=1S/C29H29ClF2N2O4/c1-38-21-6-7-25-22(16-21)28(23(30)18-33-25)26(35)8-9-29(17-27(36)37)10-13-34(14-11-29)12-2-3-19-4-5-20(31)15-24(19)32/h4-7,15-16,18,26,35H,8-14,17H2,1H3,(H,36,37)/t26-/m1/s1. The second-order valence-corrected chi connectivity index (χ2v) is 10.1. The van der Waals surface area contributed by atoms with Crippen LogP contribution in [-0.4, -0.2) is 52.8 Å². The zero-order valence-electron chi connectivity index (χ0n) is 21.0. The maximum atomic E-state index is 13.8. The highest BCUT2D eigenvalue weighted by atomic mass is 35.5. The Morgan fingerprint density at radius 2 is 2.00 bits per heavy atom. The molecule has 2 aromatic carbocycles. The Hall–Kier alpha value is -3.25. The van der Waals surface area contributed by atoms with Crippen molar-refractivity contribution in [2.24, 2.45) is 5.41 Å². The molecule has 2 heterocycles. The predicted molar refractivity (Wildman–Crippen MR) is 141 cm³/mol. The lowest BCUT2D eigenvalue weighted by atomic mass is 9.71. The Labute approximate surface area is 225 Å². The minimum atomic E-state index is -0.903. The molecule has 9 heteroatoms. The lowest BCUT2D eigenvalue weighted by Crippen LogP contribution is -2.41. The van der Waals surface area contributed by atoms with Gasteiger partial charge in [-0.1, -0.05) is 23.4 Å². The Morgan fingerprint density at radius 1 is 1.24 bits per heavy atom. The molecule has 1 atom stereocenters. The molecule has 0 unspecified atom stereocenters. The fourth-order valence-corrected chi connectivity index (χ4v) is 5.36. The highest BCUT2D eigenvalue weighted by Gasteiger charge is 2.37. The number of carboxylic acids is 1. The Bertz CT molecular complexity index is 1380. The second-order valence-electron chi connectivity index (χ2n) is 9.73. The fourth-order valence-electron chi connectivity index (χ4n) is 5.08. The van der Waals surface area contributed by atoms with Gasteiger partial charge in [0.2, 0.25) is 0 Å². The van der Waals surface area contributed by atoms with Crippen molar-refractivity contribution in [1.29, 1.82) is 0 Å². The number of likely N-dealkylation sites (tertiary alicyclic amines) is 1. The molecule has 0 bridgehead atoms. The van der Waals surface area contributed by atoms with Gasteiger partial charge in [-0.25, -0.2) is 8.78 Å². The first kappa shape index (κ1) is 27.8. The molecule has 0 spiro atoms. The number of fused-ring (bicyclic) bond motifs is 1. The van der Waals surface area contributed by atoms with E-state index in [0.29, 0.717) is 72.6 Å². The van der Waals surface area contributed by atoms with Gasteiger partial charge in [0.15, 0.2) is 0 Å². The molecule has 6 nitrogen and oxygen atoms in total. The SMILES string of the molecule is COc1ccc2ncc(Cl)c([C@H](O)CCC3(CC(=O)O)CCN(CC#Cc4ccc(F)cc4F)CC3)c2c1. The number of carbonyl (C=O) groups is 1. The van der Waals surface area contributed by atoms with E-state index in [1.165, 1.54) is 18.3 Å². The summed E-state index contributed by atoms with van der Waals surface area (Å²) < 4.78 is 32.2. The largest absolute Gasteiger partial charge is 0.497 e. The van der Waals surface area contributed by atoms with Crippen LogP contribution in [0.25, 0.3) is 10.9 Å². The summed E-state index contributed by atoms with van der Waals surface area (Å²) in [5.74, 6) is 4.06. The van der Waals surface area contributed by atoms with Gasteiger partial charge in [-0.3, -0.25) is 14.7 Å². The van der Waals surface area contributed by atoms with E-state index < -0.39 is 29.1 Å². The number of rotatable bonds is 8. The van der Waals surface area contributed by atoms with Gasteiger partial charge in [0, 0.05) is 23.2 Å². The molecule has 38 heavy (non-hydrogen) atoms. The van der Waals surface area contributed by atoms with E-state index in [0.717, 1.165) is 6.07 Å². The number of ether oxygens (including phenoxy) is 1. The Kier molecular flexibility index (Phi) is 8.83. The molecular formula is C29H29ClF2N2O4. The lowest BCUT2D eigenvalue weighted by molar-refractivity contribution is -0.141. The molecule has 0 saturated carbocycles. The highest BCUT2D eigenvalue weighted by molar-refractivity contribution is 6.32. The van der Waals surface area contributed by atoms with Crippen LogP contribution in [0.2, 0.25) is 5.02 Å². The van der Waals surface area contributed by atoms with Crippen molar-refractivity contribution in [1.82, 2.24) is 9.88 Å². The van der Waals surface area contributed by atoms with Crippen molar-refractivity contribution in [3.8, 4) is 17.6 Å². The summed E-state index contributed by atoms with van der Waals surface area (Å²) >= 11 is 6.44. The van der Waals surface area contributed by atoms with Gasteiger partial charge in [-0.05, 0) is 74.5 Å². The van der Waals surface area contributed by atoms with E-state index in [-0.39, 0.29) is 12.0 Å². The van der Waals surface area contributed by atoms with Crippen LogP contribution in [-0.2, 0) is 4.79 Å². The lowest BCUT2D eigenvalue weighted by Gasteiger charge is -2.41. The van der Waals surface area contributed by atoms with Gasteiger partial charge in [-0.2, -0.15) is 0 Å². The smallest absolute Gasteiger partial charge is 0.303 e. The van der Waals surface area contributed by atoms with Crippen molar-refractivity contribution in [3.05, 3.63) is 70.4 Å². The molecule has 0 amide bonds. The molecule has 1 aliphatic rings. The van der Waals surface area contributed by atoms with E-state index in [4.69, 9.17) is 16.3 Å². The van der Waals surface area contributed by atoms with Crippen LogP contribution in [0.1, 0.15) is 49.3 Å². The first-order valence-electron chi connectivity index (χ1n) is 12.4. The molecular weight excluding hydrogens is 514 g/mol. The molecule has 0 aliphatic carbocycles. The molecule has 1 saturated heterocycles. The third kappa shape index (κ3) is 6.60. The number of aliphatic carboxylic acids is 1. The van der Waals surface area contributed by atoms with Crippen LogP contribution in [0, 0.1) is 28.9 Å². The maximum absolute atomic E-state index is 13.8. The number of aliphatic hydroxyl groups excluding tert-OH is 1. The number of pyridine rings is 1. The minimum absolute atomic E-state index is 0.00131. The van der Waals surface area contributed by atoms with Crippen molar-refractivity contribution < 1.29 is 28.5 Å². The van der Waals surface area contributed by atoms with Crippen LogP contribution in [0.3, 0.4) is 0 Å². The average molecular weight is 543 g/mol. The topological polar surface area (TPSA) is 82.9 Å². The van der Waals surface area contributed by atoms with Crippen LogP contribution in [0.5, 0.6) is 5.75 Å². The third-order valence-electron chi connectivity index (χ3n) is 7.25. The summed E-state index contributed by atoms with van der Waals surface area (Å²) in [6.45, 7) is 1.64. The number of piperidine rings is 1. The number of hydrogen-bond acceptors (Lipinski definition) is 5. The van der Waals surface area contributed by atoms with E-state index in [1.54, 1.807) is 25.3 Å². The van der Waals surface area contributed by atoms with Gasteiger partial charge in [0.05, 0.1) is 42.3 Å². The molecule has 0 radical (unpaired) electrons. The number of nitrogens with zero attached hydrogens (tertiary/aromatic N) is 2. The van der Waals surface area contributed by atoms with Gasteiger partial charge in [0.1, 0.15) is 17.4 Å². The molecule has 3 aromatic rings. The Balaban J connectivity index is 1.43. The zero-order chi connectivity index (χ0) is 27.3. The maximum Gasteiger partial charge on any atom is 0.303 e.